The van der Waals surface area contributed by atoms with Crippen LogP contribution in [0.4, 0.5) is 0 Å². The minimum absolute atomic E-state index is 0.369. The highest BCUT2D eigenvalue weighted by Crippen LogP contribution is 2.36. The van der Waals surface area contributed by atoms with Crippen molar-refractivity contribution in [1.29, 1.82) is 0 Å². The maximum atomic E-state index is 10.9. The summed E-state index contributed by atoms with van der Waals surface area (Å²) in [5.41, 5.74) is 0.721. The predicted octanol–water partition coefficient (Wildman–Crippen LogP) is 3.59. The van der Waals surface area contributed by atoms with Crippen LogP contribution in [-0.2, 0) is 9.31 Å². The highest BCUT2D eigenvalue weighted by Gasteiger charge is 2.51. The summed E-state index contributed by atoms with van der Waals surface area (Å²) in [5.74, 6) is 0. The van der Waals surface area contributed by atoms with Gasteiger partial charge in [-0.2, -0.15) is 0 Å². The number of benzene rings is 1. The van der Waals surface area contributed by atoms with Crippen LogP contribution in [0.1, 0.15) is 51.9 Å². The Bertz CT molecular complexity index is 470. The molecule has 20 heavy (non-hydrogen) atoms. The van der Waals surface area contributed by atoms with Crippen LogP contribution in [0.15, 0.2) is 22.7 Å². The average Bonchev–Trinajstić information content (AvgIpc) is 2.61. The Morgan fingerprint density at radius 3 is 2.05 bits per heavy atom. The van der Waals surface area contributed by atoms with Gasteiger partial charge >= 0.3 is 7.12 Å². The quantitative estimate of drug-likeness (QED) is 0.609. The molecule has 1 aromatic carbocycles. The third-order valence-electron chi connectivity index (χ3n) is 3.67. The van der Waals surface area contributed by atoms with Crippen molar-refractivity contribution in [3.63, 3.8) is 0 Å². The number of hydrogen-bond acceptors (Lipinski definition) is 3. The molecule has 0 N–H and O–H groups in total. The van der Waals surface area contributed by atoms with Gasteiger partial charge in [0.2, 0.25) is 0 Å². The topological polar surface area (TPSA) is 35.5 Å². The lowest BCUT2D eigenvalue weighted by Gasteiger charge is -2.32. The summed E-state index contributed by atoms with van der Waals surface area (Å²) < 4.78 is 12.6. The molecule has 3 nitrogen and oxygen atoms in total. The Balaban J connectivity index is 0.000000956. The van der Waals surface area contributed by atoms with E-state index in [1.165, 1.54) is 0 Å². The second-order valence-electron chi connectivity index (χ2n) is 5.49. The first kappa shape index (κ1) is 17.4. The lowest BCUT2D eigenvalue weighted by Crippen LogP contribution is -2.41. The Morgan fingerprint density at radius 1 is 1.10 bits per heavy atom. The van der Waals surface area contributed by atoms with Gasteiger partial charge in [0.15, 0.2) is 6.29 Å². The zero-order valence-electron chi connectivity index (χ0n) is 13.0. The highest BCUT2D eigenvalue weighted by molar-refractivity contribution is 9.10. The molecule has 1 aromatic rings. The largest absolute Gasteiger partial charge is 0.494 e. The van der Waals surface area contributed by atoms with E-state index in [4.69, 9.17) is 9.31 Å². The molecule has 1 aliphatic heterocycles. The van der Waals surface area contributed by atoms with Gasteiger partial charge in [0, 0.05) is 10.0 Å². The number of carbonyl (C=O) groups is 1. The minimum atomic E-state index is -0.429. The van der Waals surface area contributed by atoms with Gasteiger partial charge in [-0.05, 0) is 39.2 Å². The zero-order chi connectivity index (χ0) is 15.6. The van der Waals surface area contributed by atoms with E-state index in [1.807, 2.05) is 53.7 Å². The third kappa shape index (κ3) is 3.33. The van der Waals surface area contributed by atoms with Gasteiger partial charge < -0.3 is 9.31 Å². The Labute approximate surface area is 130 Å². The van der Waals surface area contributed by atoms with Gasteiger partial charge in [-0.25, -0.2) is 0 Å². The van der Waals surface area contributed by atoms with Crippen molar-refractivity contribution in [3.8, 4) is 0 Å². The molecule has 0 atom stereocenters. The predicted molar refractivity (Wildman–Crippen MR) is 86.6 cm³/mol. The molecule has 0 aromatic heterocycles. The van der Waals surface area contributed by atoms with Crippen molar-refractivity contribution >= 4 is 34.8 Å². The summed E-state index contributed by atoms with van der Waals surface area (Å²) in [6, 6.07) is 5.53. The monoisotopic (exact) mass is 340 g/mol. The fraction of sp³-hybridized carbons (Fsp3) is 0.533. The van der Waals surface area contributed by atoms with E-state index in [-0.39, 0.29) is 11.2 Å². The van der Waals surface area contributed by atoms with Crippen LogP contribution >= 0.6 is 15.9 Å². The van der Waals surface area contributed by atoms with Crippen LogP contribution in [0.3, 0.4) is 0 Å². The fourth-order valence-corrected chi connectivity index (χ4v) is 2.12. The van der Waals surface area contributed by atoms with E-state index in [0.29, 0.717) is 5.56 Å². The third-order valence-corrected chi connectivity index (χ3v) is 4.39. The summed E-state index contributed by atoms with van der Waals surface area (Å²) in [6.07, 6.45) is 0.818. The highest BCUT2D eigenvalue weighted by atomic mass is 79.9. The first-order valence-corrected chi connectivity index (χ1v) is 7.66. The lowest BCUT2D eigenvalue weighted by molar-refractivity contribution is 0.00578. The molecule has 0 spiro atoms. The van der Waals surface area contributed by atoms with Crippen LogP contribution in [-0.4, -0.2) is 24.6 Å². The van der Waals surface area contributed by atoms with E-state index in [9.17, 15) is 4.79 Å². The first-order valence-electron chi connectivity index (χ1n) is 6.87. The van der Waals surface area contributed by atoms with E-state index >= 15 is 0 Å². The molecule has 0 bridgehead atoms. The first-order chi connectivity index (χ1) is 9.27. The zero-order valence-corrected chi connectivity index (χ0v) is 14.6. The molecular weight excluding hydrogens is 319 g/mol. The number of aldehydes is 1. The Hall–Kier alpha value is -0.645. The van der Waals surface area contributed by atoms with Crippen molar-refractivity contribution in [2.45, 2.75) is 52.7 Å². The Kier molecular flexibility index (Phi) is 5.58. The van der Waals surface area contributed by atoms with Crippen LogP contribution in [0.5, 0.6) is 0 Å². The van der Waals surface area contributed by atoms with Crippen molar-refractivity contribution in [1.82, 2.24) is 0 Å². The maximum Gasteiger partial charge on any atom is 0.494 e. The van der Waals surface area contributed by atoms with Gasteiger partial charge in [-0.1, -0.05) is 41.9 Å². The van der Waals surface area contributed by atoms with Gasteiger partial charge in [-0.15, -0.1) is 0 Å². The van der Waals surface area contributed by atoms with Crippen molar-refractivity contribution in [2.24, 2.45) is 0 Å². The second-order valence-corrected chi connectivity index (χ2v) is 6.34. The SMILES string of the molecule is CC.CC1(C)OB(c2ccc(Br)c(C=O)c2)OC1(C)C. The molecule has 5 heteroatoms. The average molecular weight is 341 g/mol. The van der Waals surface area contributed by atoms with Crippen LogP contribution in [0.25, 0.3) is 0 Å². The lowest BCUT2D eigenvalue weighted by atomic mass is 9.78. The second kappa shape index (κ2) is 6.42. The summed E-state index contributed by atoms with van der Waals surface area (Å²) in [5, 5.41) is 0. The van der Waals surface area contributed by atoms with Crippen molar-refractivity contribution in [3.05, 3.63) is 28.2 Å². The van der Waals surface area contributed by atoms with Crippen molar-refractivity contribution < 1.29 is 14.1 Å². The fourth-order valence-electron chi connectivity index (χ4n) is 1.78. The number of carbonyl (C=O) groups excluding carboxylic acids is 1. The molecule has 0 aliphatic carbocycles. The molecule has 1 aliphatic rings. The summed E-state index contributed by atoms with van der Waals surface area (Å²) in [4.78, 5) is 10.9. The minimum Gasteiger partial charge on any atom is -0.399 e. The molecule has 1 fully saturated rings. The molecule has 2 rings (SSSR count). The van der Waals surface area contributed by atoms with Gasteiger partial charge in [0.05, 0.1) is 11.2 Å². The molecule has 0 radical (unpaired) electrons. The van der Waals surface area contributed by atoms with Crippen LogP contribution < -0.4 is 5.46 Å². The van der Waals surface area contributed by atoms with Crippen LogP contribution in [0.2, 0.25) is 0 Å². The smallest absolute Gasteiger partial charge is 0.399 e. The summed E-state index contributed by atoms with van der Waals surface area (Å²) in [7, 11) is -0.429. The van der Waals surface area contributed by atoms with E-state index in [1.54, 1.807) is 6.07 Å². The Morgan fingerprint density at radius 2 is 1.60 bits per heavy atom. The van der Waals surface area contributed by atoms with Crippen molar-refractivity contribution in [2.75, 3.05) is 0 Å². The molecular formula is C15H22BBrO3. The number of hydrogen-bond donors (Lipinski definition) is 0. The van der Waals surface area contributed by atoms with Crippen LogP contribution in [0, 0.1) is 0 Å². The molecule has 110 valence electrons. The number of halogens is 1. The molecule has 1 heterocycles. The number of rotatable bonds is 2. The molecule has 0 saturated carbocycles. The molecule has 0 unspecified atom stereocenters. The molecule has 1 saturated heterocycles. The summed E-state index contributed by atoms with van der Waals surface area (Å²) >= 11 is 3.33. The molecule has 0 amide bonds. The summed E-state index contributed by atoms with van der Waals surface area (Å²) in [6.45, 7) is 12.0. The van der Waals surface area contributed by atoms with Gasteiger partial charge in [0.25, 0.3) is 0 Å². The normalized spacial score (nSPS) is 19.2. The van der Waals surface area contributed by atoms with E-state index < -0.39 is 7.12 Å². The van der Waals surface area contributed by atoms with E-state index in [2.05, 4.69) is 15.9 Å². The van der Waals surface area contributed by atoms with Gasteiger partial charge in [-0.3, -0.25) is 4.79 Å². The maximum absolute atomic E-state index is 10.9. The van der Waals surface area contributed by atoms with Gasteiger partial charge in [0.1, 0.15) is 0 Å². The standard InChI is InChI=1S/C13H16BBrO3.C2H6/c1-12(2)13(3,4)18-14(17-12)10-5-6-11(15)9(7-10)8-16;1-2/h5-8H,1-4H3;1-2H3. The van der Waals surface area contributed by atoms with E-state index in [0.717, 1.165) is 16.2 Å².